The second-order valence-corrected chi connectivity index (χ2v) is 6.63. The summed E-state index contributed by atoms with van der Waals surface area (Å²) in [6, 6.07) is 17.4. The van der Waals surface area contributed by atoms with Crippen molar-refractivity contribution in [1.82, 2.24) is 10.3 Å². The van der Waals surface area contributed by atoms with E-state index < -0.39 is 0 Å². The smallest absolute Gasteiger partial charge is 0.258 e. The van der Waals surface area contributed by atoms with E-state index in [-0.39, 0.29) is 12.5 Å². The number of amides is 1. The maximum absolute atomic E-state index is 12.0. The third-order valence-corrected chi connectivity index (χ3v) is 4.23. The molecule has 5 nitrogen and oxygen atoms in total. The van der Waals surface area contributed by atoms with Gasteiger partial charge in [-0.05, 0) is 49.2 Å². The summed E-state index contributed by atoms with van der Waals surface area (Å²) in [6.45, 7) is 4.91. The normalized spacial score (nSPS) is 10.4. The molecule has 0 aliphatic rings. The second kappa shape index (κ2) is 9.55. The number of hydrogen-bond donors (Lipinski definition) is 1. The van der Waals surface area contributed by atoms with Gasteiger partial charge in [-0.1, -0.05) is 35.9 Å². The van der Waals surface area contributed by atoms with Crippen molar-refractivity contribution in [2.45, 2.75) is 27.0 Å². The summed E-state index contributed by atoms with van der Waals surface area (Å²) >= 11 is 0. The molecule has 0 atom stereocenters. The molecule has 0 fully saturated rings. The molecule has 1 heterocycles. The highest BCUT2D eigenvalue weighted by Crippen LogP contribution is 2.18. The third-order valence-electron chi connectivity index (χ3n) is 4.23. The van der Waals surface area contributed by atoms with Gasteiger partial charge >= 0.3 is 0 Å². The molecule has 0 unspecified atom stereocenters. The quantitative estimate of drug-likeness (QED) is 0.646. The highest BCUT2D eigenvalue weighted by molar-refractivity contribution is 5.77. The lowest BCUT2D eigenvalue weighted by atomic mass is 10.1. The Morgan fingerprint density at radius 2 is 1.82 bits per heavy atom. The Bertz CT molecular complexity index is 909. The van der Waals surface area contributed by atoms with Crippen LogP contribution in [0.3, 0.4) is 0 Å². The van der Waals surface area contributed by atoms with Gasteiger partial charge in [0.05, 0.1) is 0 Å². The summed E-state index contributed by atoms with van der Waals surface area (Å²) in [5.74, 6) is 1.35. The van der Waals surface area contributed by atoms with Gasteiger partial charge in [0.1, 0.15) is 18.1 Å². The predicted octanol–water partition coefficient (Wildman–Crippen LogP) is 3.97. The van der Waals surface area contributed by atoms with E-state index in [2.05, 4.69) is 10.3 Å². The summed E-state index contributed by atoms with van der Waals surface area (Å²) < 4.78 is 11.3. The number of pyridine rings is 1. The second-order valence-electron chi connectivity index (χ2n) is 6.63. The van der Waals surface area contributed by atoms with Crippen LogP contribution in [0.15, 0.2) is 67.0 Å². The molecule has 144 valence electrons. The Balaban J connectivity index is 1.42. The molecule has 3 aromatic rings. The minimum absolute atomic E-state index is 0.00376. The number of nitrogens with zero attached hydrogens (tertiary/aromatic N) is 1. The van der Waals surface area contributed by atoms with Crippen LogP contribution in [0.2, 0.25) is 0 Å². The first-order valence-corrected chi connectivity index (χ1v) is 9.17. The van der Waals surface area contributed by atoms with Gasteiger partial charge in [0.2, 0.25) is 0 Å². The Kier molecular flexibility index (Phi) is 6.63. The molecular weight excluding hydrogens is 352 g/mol. The SMILES string of the molecule is Cc1ccc(OCC(=O)NCc2ccc(OCc3cccnc3)cc2)c(C)c1. The number of rotatable bonds is 8. The third kappa shape index (κ3) is 5.84. The van der Waals surface area contributed by atoms with Crippen LogP contribution in [0.5, 0.6) is 11.5 Å². The van der Waals surface area contributed by atoms with Crippen molar-refractivity contribution in [3.63, 3.8) is 0 Å². The maximum atomic E-state index is 12.0. The molecule has 1 aromatic heterocycles. The van der Waals surface area contributed by atoms with Crippen LogP contribution in [0, 0.1) is 13.8 Å². The first-order valence-electron chi connectivity index (χ1n) is 9.17. The van der Waals surface area contributed by atoms with E-state index in [1.165, 1.54) is 5.56 Å². The van der Waals surface area contributed by atoms with Gasteiger partial charge in [-0.25, -0.2) is 0 Å². The number of aryl methyl sites for hydroxylation is 2. The van der Waals surface area contributed by atoms with Gasteiger partial charge in [-0.2, -0.15) is 0 Å². The van der Waals surface area contributed by atoms with Crippen LogP contribution in [-0.4, -0.2) is 17.5 Å². The Morgan fingerprint density at radius 3 is 2.54 bits per heavy atom. The zero-order chi connectivity index (χ0) is 19.8. The van der Waals surface area contributed by atoms with Gasteiger partial charge in [0.25, 0.3) is 5.91 Å². The van der Waals surface area contributed by atoms with E-state index in [1.807, 2.05) is 68.4 Å². The van der Waals surface area contributed by atoms with Crippen molar-refractivity contribution in [1.29, 1.82) is 0 Å². The molecule has 0 spiro atoms. The van der Waals surface area contributed by atoms with Crippen LogP contribution in [0.4, 0.5) is 0 Å². The van der Waals surface area contributed by atoms with Crippen LogP contribution in [0.25, 0.3) is 0 Å². The largest absolute Gasteiger partial charge is 0.489 e. The number of hydrogen-bond acceptors (Lipinski definition) is 4. The Morgan fingerprint density at radius 1 is 1.00 bits per heavy atom. The van der Waals surface area contributed by atoms with Gasteiger partial charge < -0.3 is 14.8 Å². The number of carbonyl (C=O) groups is 1. The van der Waals surface area contributed by atoms with Gasteiger partial charge in [-0.15, -0.1) is 0 Å². The molecule has 0 aliphatic heterocycles. The van der Waals surface area contributed by atoms with Gasteiger partial charge in [-0.3, -0.25) is 9.78 Å². The van der Waals surface area contributed by atoms with E-state index in [0.29, 0.717) is 13.2 Å². The van der Waals surface area contributed by atoms with Crippen molar-refractivity contribution >= 4 is 5.91 Å². The van der Waals surface area contributed by atoms with Crippen molar-refractivity contribution in [2.24, 2.45) is 0 Å². The lowest BCUT2D eigenvalue weighted by molar-refractivity contribution is -0.123. The molecule has 3 rings (SSSR count). The van der Waals surface area contributed by atoms with E-state index >= 15 is 0 Å². The zero-order valence-corrected chi connectivity index (χ0v) is 16.1. The van der Waals surface area contributed by atoms with Crippen LogP contribution in [0.1, 0.15) is 22.3 Å². The summed E-state index contributed by atoms with van der Waals surface area (Å²) in [4.78, 5) is 16.1. The molecule has 1 amide bonds. The summed E-state index contributed by atoms with van der Waals surface area (Å²) in [5.41, 5.74) is 4.20. The molecule has 0 bridgehead atoms. The van der Waals surface area contributed by atoms with Crippen LogP contribution < -0.4 is 14.8 Å². The van der Waals surface area contributed by atoms with Gasteiger partial charge in [0, 0.05) is 24.5 Å². The molecular formula is C23H24N2O3. The van der Waals surface area contributed by atoms with E-state index in [9.17, 15) is 4.79 Å². The fourth-order valence-corrected chi connectivity index (χ4v) is 2.71. The topological polar surface area (TPSA) is 60.5 Å². The van der Waals surface area contributed by atoms with Crippen molar-refractivity contribution in [3.05, 3.63) is 89.2 Å². The highest BCUT2D eigenvalue weighted by Gasteiger charge is 2.05. The predicted molar refractivity (Wildman–Crippen MR) is 108 cm³/mol. The van der Waals surface area contributed by atoms with Gasteiger partial charge in [0.15, 0.2) is 6.61 Å². The molecule has 1 N–H and O–H groups in total. The molecule has 0 radical (unpaired) electrons. The molecule has 0 saturated heterocycles. The maximum Gasteiger partial charge on any atom is 0.258 e. The van der Waals surface area contributed by atoms with Crippen molar-refractivity contribution in [3.8, 4) is 11.5 Å². The Hall–Kier alpha value is -3.34. The fourth-order valence-electron chi connectivity index (χ4n) is 2.71. The first-order chi connectivity index (χ1) is 13.6. The average molecular weight is 376 g/mol. The highest BCUT2D eigenvalue weighted by atomic mass is 16.5. The lowest BCUT2D eigenvalue weighted by Gasteiger charge is -2.11. The first kappa shape index (κ1) is 19.4. The van der Waals surface area contributed by atoms with E-state index in [0.717, 1.165) is 28.2 Å². The zero-order valence-electron chi connectivity index (χ0n) is 16.1. The average Bonchev–Trinajstić information content (AvgIpc) is 2.71. The monoisotopic (exact) mass is 376 g/mol. The molecule has 28 heavy (non-hydrogen) atoms. The van der Waals surface area contributed by atoms with E-state index in [4.69, 9.17) is 9.47 Å². The number of benzene rings is 2. The van der Waals surface area contributed by atoms with Crippen LogP contribution >= 0.6 is 0 Å². The minimum Gasteiger partial charge on any atom is -0.489 e. The summed E-state index contributed by atoms with van der Waals surface area (Å²) in [6.07, 6.45) is 3.52. The van der Waals surface area contributed by atoms with Crippen molar-refractivity contribution < 1.29 is 14.3 Å². The summed E-state index contributed by atoms with van der Waals surface area (Å²) in [5, 5.41) is 2.86. The number of ether oxygens (including phenoxy) is 2. The minimum atomic E-state index is -0.156. The molecule has 5 heteroatoms. The Labute approximate surface area is 165 Å². The fraction of sp³-hybridized carbons (Fsp3) is 0.217. The number of carbonyl (C=O) groups excluding carboxylic acids is 1. The molecule has 2 aromatic carbocycles. The van der Waals surface area contributed by atoms with Crippen molar-refractivity contribution in [2.75, 3.05) is 6.61 Å². The van der Waals surface area contributed by atoms with Crippen LogP contribution in [-0.2, 0) is 17.9 Å². The lowest BCUT2D eigenvalue weighted by Crippen LogP contribution is -2.28. The summed E-state index contributed by atoms with van der Waals surface area (Å²) in [7, 11) is 0. The molecule has 0 saturated carbocycles. The van der Waals surface area contributed by atoms with E-state index in [1.54, 1.807) is 12.4 Å². The standard InChI is InChI=1S/C23H24N2O3/c1-17-5-10-22(18(2)12-17)28-16-23(26)25-14-19-6-8-21(9-7-19)27-15-20-4-3-11-24-13-20/h3-13H,14-16H2,1-2H3,(H,25,26). The molecule has 0 aliphatic carbocycles. The number of nitrogens with one attached hydrogen (secondary N) is 1. The number of aromatic nitrogens is 1.